The Morgan fingerprint density at radius 3 is 2.35 bits per heavy atom. The molecule has 1 spiro atoms. The van der Waals surface area contributed by atoms with E-state index in [1.807, 2.05) is 107 Å². The number of carbonyl (C=O) groups is 3. The number of carbonyl (C=O) groups excluding carboxylic acids is 3. The maximum absolute atomic E-state index is 14.7. The molecule has 226 valence electrons. The second-order valence-electron chi connectivity index (χ2n) is 12.5. The monoisotopic (exact) mass is 585 g/mol. The molecule has 6 rings (SSSR count). The van der Waals surface area contributed by atoms with Crippen LogP contribution in [-0.2, 0) is 19.1 Å². The maximum atomic E-state index is 14.7. The topological polar surface area (TPSA) is 99.6 Å². The summed E-state index contributed by atoms with van der Waals surface area (Å²) >= 11 is 0. The summed E-state index contributed by atoms with van der Waals surface area (Å²) in [6, 6.07) is 14.7. The van der Waals surface area contributed by atoms with Crippen LogP contribution in [0.4, 0.5) is 5.69 Å². The Kier molecular flexibility index (Phi) is 7.42. The fourth-order valence-electron chi connectivity index (χ4n) is 7.17. The molecule has 2 saturated heterocycles. The molecular weight excluding hydrogens is 546 g/mol. The van der Waals surface area contributed by atoms with Gasteiger partial charge in [-0.05, 0) is 57.5 Å². The zero-order chi connectivity index (χ0) is 30.5. The van der Waals surface area contributed by atoms with Crippen LogP contribution in [0.3, 0.4) is 0 Å². The van der Waals surface area contributed by atoms with E-state index in [-0.39, 0.29) is 24.3 Å². The van der Waals surface area contributed by atoms with Crippen molar-refractivity contribution in [3.8, 4) is 5.75 Å². The highest BCUT2D eigenvalue weighted by Crippen LogP contribution is 2.55. The first-order valence-corrected chi connectivity index (χ1v) is 15.0. The molecular formula is C34H39N3O6. The Hall–Kier alpha value is -3.95. The van der Waals surface area contributed by atoms with E-state index in [1.165, 1.54) is 4.90 Å². The number of rotatable bonds is 6. The fourth-order valence-corrected chi connectivity index (χ4v) is 7.17. The summed E-state index contributed by atoms with van der Waals surface area (Å²) in [5, 5.41) is 10.7. The first-order valence-electron chi connectivity index (χ1n) is 15.0. The number of likely N-dealkylation sites (tertiary alicyclic amines) is 1. The Morgan fingerprint density at radius 1 is 0.977 bits per heavy atom. The number of hydrogen-bond acceptors (Lipinski definition) is 6. The van der Waals surface area contributed by atoms with E-state index in [1.54, 1.807) is 9.80 Å². The highest BCUT2D eigenvalue weighted by molar-refractivity contribution is 6.04. The quantitative estimate of drug-likeness (QED) is 0.521. The highest BCUT2D eigenvalue weighted by Gasteiger charge is 2.73. The zero-order valence-corrected chi connectivity index (χ0v) is 25.1. The van der Waals surface area contributed by atoms with Crippen LogP contribution in [0, 0.1) is 11.8 Å². The van der Waals surface area contributed by atoms with Crippen molar-refractivity contribution in [3.63, 3.8) is 0 Å². The molecule has 0 aromatic heterocycles. The zero-order valence-electron chi connectivity index (χ0n) is 25.1. The van der Waals surface area contributed by atoms with E-state index < -0.39 is 41.2 Å². The SMILES string of the molecule is CCOc1ccc(N2CC=C[C@H]3O[C@]45C=CCN(C(C)(C)C)C(=O)C4N([C@H](CO)c4ccccc4)C(=O)[C@@H]5[C@H]3C2=O)cc1. The normalized spacial score (nSPS) is 29.2. The van der Waals surface area contributed by atoms with Gasteiger partial charge < -0.3 is 29.3 Å². The molecule has 0 radical (unpaired) electrons. The molecule has 2 aromatic carbocycles. The van der Waals surface area contributed by atoms with Crippen molar-refractivity contribution in [2.24, 2.45) is 11.8 Å². The van der Waals surface area contributed by atoms with Crippen LogP contribution in [0.25, 0.3) is 0 Å². The lowest BCUT2D eigenvalue weighted by Crippen LogP contribution is -2.59. The molecule has 1 unspecified atom stereocenters. The average Bonchev–Trinajstić information content (AvgIpc) is 3.29. The predicted octanol–water partition coefficient (Wildman–Crippen LogP) is 3.50. The van der Waals surface area contributed by atoms with Crippen molar-refractivity contribution in [2.45, 2.75) is 57.0 Å². The van der Waals surface area contributed by atoms with Crippen molar-refractivity contribution in [1.82, 2.24) is 9.80 Å². The summed E-state index contributed by atoms with van der Waals surface area (Å²) in [7, 11) is 0. The Balaban J connectivity index is 1.46. The first-order chi connectivity index (χ1) is 20.6. The van der Waals surface area contributed by atoms with E-state index in [9.17, 15) is 19.5 Å². The van der Waals surface area contributed by atoms with Gasteiger partial charge in [-0.15, -0.1) is 0 Å². The van der Waals surface area contributed by atoms with Gasteiger partial charge in [-0.2, -0.15) is 0 Å². The lowest BCUT2D eigenvalue weighted by Gasteiger charge is -2.42. The Bertz CT molecular complexity index is 1450. The van der Waals surface area contributed by atoms with Gasteiger partial charge in [0.05, 0.1) is 37.2 Å². The highest BCUT2D eigenvalue weighted by atomic mass is 16.5. The number of nitrogens with zero attached hydrogens (tertiary/aromatic N) is 3. The van der Waals surface area contributed by atoms with Gasteiger partial charge >= 0.3 is 0 Å². The van der Waals surface area contributed by atoms with E-state index in [4.69, 9.17) is 9.47 Å². The van der Waals surface area contributed by atoms with Crippen LogP contribution >= 0.6 is 0 Å². The third-order valence-corrected chi connectivity index (χ3v) is 9.06. The van der Waals surface area contributed by atoms with E-state index >= 15 is 0 Å². The third kappa shape index (κ3) is 4.66. The number of ether oxygens (including phenoxy) is 2. The molecule has 4 aliphatic rings. The molecule has 0 saturated carbocycles. The number of aliphatic hydroxyl groups excluding tert-OH is 1. The summed E-state index contributed by atoms with van der Waals surface area (Å²) in [5.74, 6) is -1.99. The van der Waals surface area contributed by atoms with Gasteiger partial charge in [0.15, 0.2) is 0 Å². The molecule has 4 aliphatic heterocycles. The largest absolute Gasteiger partial charge is 0.494 e. The summed E-state index contributed by atoms with van der Waals surface area (Å²) < 4.78 is 12.4. The average molecular weight is 586 g/mol. The number of aliphatic hydroxyl groups is 1. The van der Waals surface area contributed by atoms with Crippen molar-refractivity contribution >= 4 is 23.4 Å². The predicted molar refractivity (Wildman–Crippen MR) is 161 cm³/mol. The molecule has 6 atom stereocenters. The number of anilines is 1. The summed E-state index contributed by atoms with van der Waals surface area (Å²) in [4.78, 5) is 48.6. The van der Waals surface area contributed by atoms with E-state index in [0.717, 1.165) is 0 Å². The van der Waals surface area contributed by atoms with E-state index in [0.29, 0.717) is 36.7 Å². The number of fused-ring (bicyclic) bond motifs is 2. The van der Waals surface area contributed by atoms with Crippen LogP contribution in [0.1, 0.15) is 39.3 Å². The van der Waals surface area contributed by atoms with Gasteiger partial charge in [0.2, 0.25) is 17.7 Å². The third-order valence-electron chi connectivity index (χ3n) is 9.06. The molecule has 9 nitrogen and oxygen atoms in total. The molecule has 4 heterocycles. The number of hydrogen-bond donors (Lipinski definition) is 1. The molecule has 0 bridgehead atoms. The van der Waals surface area contributed by atoms with E-state index in [2.05, 4.69) is 0 Å². The minimum atomic E-state index is -1.38. The second kappa shape index (κ2) is 11.0. The smallest absolute Gasteiger partial charge is 0.249 e. The van der Waals surface area contributed by atoms with Crippen molar-refractivity contribution in [1.29, 1.82) is 0 Å². The molecule has 2 fully saturated rings. The van der Waals surface area contributed by atoms with Crippen molar-refractivity contribution in [2.75, 3.05) is 31.2 Å². The molecule has 9 heteroatoms. The molecule has 3 amide bonds. The van der Waals surface area contributed by atoms with Gasteiger partial charge in [0, 0.05) is 24.3 Å². The second-order valence-corrected chi connectivity index (χ2v) is 12.5. The summed E-state index contributed by atoms with van der Waals surface area (Å²) in [5.41, 5.74) is -0.531. The fraction of sp³-hybridized carbons (Fsp3) is 0.441. The summed E-state index contributed by atoms with van der Waals surface area (Å²) in [6.07, 6.45) is 6.76. The van der Waals surface area contributed by atoms with Crippen molar-refractivity contribution in [3.05, 3.63) is 84.5 Å². The number of amides is 3. The van der Waals surface area contributed by atoms with Gasteiger partial charge in [-0.3, -0.25) is 14.4 Å². The summed E-state index contributed by atoms with van der Waals surface area (Å²) in [6.45, 7) is 8.58. The molecule has 1 N–H and O–H groups in total. The van der Waals surface area contributed by atoms with Gasteiger partial charge in [0.25, 0.3) is 0 Å². The van der Waals surface area contributed by atoms with Gasteiger partial charge in [-0.1, -0.05) is 54.6 Å². The lowest BCUT2D eigenvalue weighted by molar-refractivity contribution is -0.153. The van der Waals surface area contributed by atoms with Crippen molar-refractivity contribution < 1.29 is 29.0 Å². The van der Waals surface area contributed by atoms with Crippen LogP contribution in [0.15, 0.2) is 78.9 Å². The maximum Gasteiger partial charge on any atom is 0.249 e. The van der Waals surface area contributed by atoms with Gasteiger partial charge in [0.1, 0.15) is 17.4 Å². The lowest BCUT2D eigenvalue weighted by atomic mass is 9.77. The molecule has 43 heavy (non-hydrogen) atoms. The van der Waals surface area contributed by atoms with Crippen LogP contribution in [0.2, 0.25) is 0 Å². The van der Waals surface area contributed by atoms with Crippen LogP contribution < -0.4 is 9.64 Å². The molecule has 0 aliphatic carbocycles. The standard InChI is InChI=1S/C34H39N3O6/c1-5-42-24-16-14-23(15-17-24)35-19-9-13-26-27(30(35)39)28-31(40)37(25(21-38)22-11-7-6-8-12-22)29-32(41)36(33(2,3)4)20-10-18-34(28,29)43-26/h6-18,25-29,38H,5,19-21H2,1-4H3/t25-,26-,27+,28+,29?,34+/m1/s1. The minimum Gasteiger partial charge on any atom is -0.494 e. The van der Waals surface area contributed by atoms with Gasteiger partial charge in [-0.25, -0.2) is 0 Å². The minimum absolute atomic E-state index is 0.243. The Morgan fingerprint density at radius 2 is 1.70 bits per heavy atom. The first kappa shape index (κ1) is 29.1. The molecule has 2 aromatic rings. The van der Waals surface area contributed by atoms with Crippen LogP contribution in [0.5, 0.6) is 5.75 Å². The Labute approximate surface area is 252 Å². The number of benzene rings is 2. The van der Waals surface area contributed by atoms with Crippen LogP contribution in [-0.4, -0.2) is 82.2 Å².